The summed E-state index contributed by atoms with van der Waals surface area (Å²) in [5.74, 6) is 0.812. The molecule has 0 radical (unpaired) electrons. The Balaban J connectivity index is 1.11. The summed E-state index contributed by atoms with van der Waals surface area (Å²) in [4.78, 5) is 4.92. The number of allylic oxidation sites excluding steroid dienone is 1. The van der Waals surface area contributed by atoms with Crippen molar-refractivity contribution in [2.24, 2.45) is 11.3 Å². The normalized spacial score (nSPS) is 19.8. The summed E-state index contributed by atoms with van der Waals surface area (Å²) in [6.45, 7) is 16.3. The monoisotopic (exact) mass is 452 g/mol. The molecule has 0 bridgehead atoms. The lowest BCUT2D eigenvalue weighted by Gasteiger charge is -2.40. The number of hydrogen-bond acceptors (Lipinski definition) is 3. The second kappa shape index (κ2) is 8.33. The van der Waals surface area contributed by atoms with Gasteiger partial charge in [-0.15, -0.1) is 0 Å². The molecule has 3 aromatic rings. The molecule has 0 N–H and O–H groups in total. The van der Waals surface area contributed by atoms with Crippen molar-refractivity contribution < 1.29 is 0 Å². The van der Waals surface area contributed by atoms with E-state index in [0.29, 0.717) is 5.41 Å². The molecule has 6 rings (SSSR count). The molecule has 0 unspecified atom stereocenters. The Bertz CT molecular complexity index is 1220. The Hall–Kier alpha value is -3.01. The number of nitrogens with zero attached hydrogens (tertiary/aromatic N) is 4. The fourth-order valence-electron chi connectivity index (χ4n) is 5.47. The van der Waals surface area contributed by atoms with Gasteiger partial charge < -0.3 is 9.80 Å². The summed E-state index contributed by atoms with van der Waals surface area (Å²) in [5, 5.41) is 5.89. The van der Waals surface area contributed by atoms with Gasteiger partial charge in [-0.05, 0) is 60.4 Å². The maximum absolute atomic E-state index is 4.66. The van der Waals surface area contributed by atoms with Gasteiger partial charge in [-0.2, -0.15) is 5.10 Å². The maximum atomic E-state index is 4.66. The number of aromatic nitrogens is 2. The van der Waals surface area contributed by atoms with Gasteiger partial charge in [0.15, 0.2) is 0 Å². The Labute approximate surface area is 203 Å². The molecule has 3 aliphatic rings. The summed E-state index contributed by atoms with van der Waals surface area (Å²) in [5.41, 5.74) is 7.78. The van der Waals surface area contributed by atoms with Crippen LogP contribution in [0.2, 0.25) is 0 Å². The van der Waals surface area contributed by atoms with Gasteiger partial charge in [-0.1, -0.05) is 56.8 Å². The third-order valence-corrected chi connectivity index (χ3v) is 8.59. The van der Waals surface area contributed by atoms with Crippen molar-refractivity contribution in [3.05, 3.63) is 73.1 Å². The number of rotatable bonds is 7. The van der Waals surface area contributed by atoms with Crippen molar-refractivity contribution in [1.82, 2.24) is 19.6 Å². The third-order valence-electron chi connectivity index (χ3n) is 8.59. The van der Waals surface area contributed by atoms with Gasteiger partial charge in [-0.3, -0.25) is 4.68 Å². The highest BCUT2D eigenvalue weighted by atomic mass is 15.3. The van der Waals surface area contributed by atoms with Crippen LogP contribution < -0.4 is 0 Å². The largest absolute Gasteiger partial charge is 0.371 e. The Kier molecular flexibility index (Phi) is 5.28. The molecule has 2 aromatic carbocycles. The first kappa shape index (κ1) is 21.5. The highest BCUT2D eigenvalue weighted by Crippen LogP contribution is 2.51. The predicted molar refractivity (Wildman–Crippen MR) is 141 cm³/mol. The minimum atomic E-state index is 0.368. The number of benzene rings is 2. The van der Waals surface area contributed by atoms with Crippen LogP contribution in [0, 0.1) is 11.3 Å². The lowest BCUT2D eigenvalue weighted by molar-refractivity contribution is 0.196. The van der Waals surface area contributed by atoms with Crippen molar-refractivity contribution in [1.29, 1.82) is 0 Å². The van der Waals surface area contributed by atoms with Crippen LogP contribution in [0.4, 0.5) is 0 Å². The van der Waals surface area contributed by atoms with Gasteiger partial charge in [0.2, 0.25) is 0 Å². The highest BCUT2D eigenvalue weighted by molar-refractivity contribution is 5.84. The Morgan fingerprint density at radius 1 is 0.941 bits per heavy atom. The molecule has 1 aliphatic heterocycles. The van der Waals surface area contributed by atoms with Crippen LogP contribution in [0.25, 0.3) is 27.7 Å². The molecule has 2 aliphatic carbocycles. The lowest BCUT2D eigenvalue weighted by atomic mass is 9.85. The zero-order chi connectivity index (χ0) is 23.3. The van der Waals surface area contributed by atoms with Gasteiger partial charge in [0.25, 0.3) is 0 Å². The van der Waals surface area contributed by atoms with Crippen LogP contribution in [-0.2, 0) is 6.54 Å². The molecule has 2 saturated carbocycles. The molecule has 1 saturated heterocycles. The first-order chi connectivity index (χ1) is 16.5. The van der Waals surface area contributed by atoms with Crippen LogP contribution in [-0.4, -0.2) is 45.8 Å². The van der Waals surface area contributed by atoms with E-state index in [1.54, 1.807) is 0 Å². The number of fused-ring (bicyclic) bond motifs is 1. The third kappa shape index (κ3) is 3.93. The van der Waals surface area contributed by atoms with E-state index in [4.69, 9.17) is 0 Å². The summed E-state index contributed by atoms with van der Waals surface area (Å²) in [6.07, 6.45) is 8.68. The quantitative estimate of drug-likeness (QED) is 0.414. The van der Waals surface area contributed by atoms with Crippen LogP contribution >= 0.6 is 0 Å². The fraction of sp³-hybridized carbons (Fsp3) is 0.433. The van der Waals surface area contributed by atoms with Crippen molar-refractivity contribution >= 4 is 16.6 Å². The molecule has 0 atom stereocenters. The molecule has 34 heavy (non-hydrogen) atoms. The van der Waals surface area contributed by atoms with Gasteiger partial charge in [0.05, 0.1) is 11.7 Å². The predicted octanol–water partition coefficient (Wildman–Crippen LogP) is 6.41. The number of piperazine rings is 1. The van der Waals surface area contributed by atoms with Crippen LogP contribution in [0.1, 0.15) is 44.6 Å². The van der Waals surface area contributed by atoms with Crippen LogP contribution in [0.5, 0.6) is 0 Å². The van der Waals surface area contributed by atoms with E-state index < -0.39 is 0 Å². The van der Waals surface area contributed by atoms with Crippen LogP contribution in [0.3, 0.4) is 0 Å². The molecule has 4 heteroatoms. The van der Waals surface area contributed by atoms with Crippen molar-refractivity contribution in [3.63, 3.8) is 0 Å². The average molecular weight is 453 g/mol. The minimum Gasteiger partial charge on any atom is -0.371 e. The van der Waals surface area contributed by atoms with Gasteiger partial charge in [0, 0.05) is 54.9 Å². The van der Waals surface area contributed by atoms with Crippen molar-refractivity contribution in [2.45, 2.75) is 45.6 Å². The maximum Gasteiger partial charge on any atom is 0.0682 e. The molecule has 2 heterocycles. The van der Waals surface area contributed by atoms with Gasteiger partial charge in [0.1, 0.15) is 0 Å². The average Bonchev–Trinajstić information content (AvgIpc) is 3.48. The summed E-state index contributed by atoms with van der Waals surface area (Å²) in [6, 6.07) is 15.6. The van der Waals surface area contributed by atoms with E-state index in [0.717, 1.165) is 44.3 Å². The van der Waals surface area contributed by atoms with Crippen molar-refractivity contribution in [2.75, 3.05) is 26.2 Å². The van der Waals surface area contributed by atoms with E-state index in [2.05, 4.69) is 82.1 Å². The Morgan fingerprint density at radius 3 is 2.26 bits per heavy atom. The molecular formula is C30H36N4. The summed E-state index contributed by atoms with van der Waals surface area (Å²) >= 11 is 0. The molecule has 1 aromatic heterocycles. The van der Waals surface area contributed by atoms with Crippen LogP contribution in [0.15, 0.2) is 67.5 Å². The van der Waals surface area contributed by atoms with Gasteiger partial charge >= 0.3 is 0 Å². The Morgan fingerprint density at radius 2 is 1.62 bits per heavy atom. The zero-order valence-corrected chi connectivity index (χ0v) is 20.5. The second-order valence-corrected chi connectivity index (χ2v) is 10.9. The van der Waals surface area contributed by atoms with E-state index in [1.165, 1.54) is 65.4 Å². The standard InChI is InChI=1S/C30H36N4/c1-22(32-15-17-33(18-16-32)23(2)30(3)13-14-30)25-7-9-26(10-8-25)27-11-12-29-28(19-27)20-31-34(29)21-24-5-4-6-24/h7-12,19-20,24H,1-2,4-6,13-18,21H2,3H3. The number of hydrogen-bond donors (Lipinski definition) is 0. The highest BCUT2D eigenvalue weighted by Gasteiger charge is 2.42. The SMILES string of the molecule is C=C(c1ccc(-c2ccc3c(cnn3CC3CCC3)c2)cc1)N1CCN(C(=C)C2(C)CC2)CC1. The molecular weight excluding hydrogens is 416 g/mol. The molecule has 4 nitrogen and oxygen atoms in total. The van der Waals surface area contributed by atoms with E-state index in [-0.39, 0.29) is 0 Å². The summed E-state index contributed by atoms with van der Waals surface area (Å²) in [7, 11) is 0. The zero-order valence-electron chi connectivity index (χ0n) is 20.5. The molecule has 0 spiro atoms. The fourth-order valence-corrected chi connectivity index (χ4v) is 5.47. The molecule has 3 fully saturated rings. The van der Waals surface area contributed by atoms with E-state index in [9.17, 15) is 0 Å². The minimum absolute atomic E-state index is 0.368. The smallest absolute Gasteiger partial charge is 0.0682 e. The first-order valence-electron chi connectivity index (χ1n) is 12.9. The topological polar surface area (TPSA) is 24.3 Å². The lowest BCUT2D eigenvalue weighted by Crippen LogP contribution is -2.45. The first-order valence-corrected chi connectivity index (χ1v) is 12.9. The molecule has 176 valence electrons. The van der Waals surface area contributed by atoms with Crippen molar-refractivity contribution in [3.8, 4) is 11.1 Å². The van der Waals surface area contributed by atoms with Gasteiger partial charge in [-0.25, -0.2) is 0 Å². The molecule has 0 amide bonds. The van der Waals surface area contributed by atoms with E-state index in [1.807, 2.05) is 6.20 Å². The van der Waals surface area contributed by atoms with E-state index >= 15 is 0 Å². The second-order valence-electron chi connectivity index (χ2n) is 10.9. The summed E-state index contributed by atoms with van der Waals surface area (Å²) < 4.78 is 2.19.